The van der Waals surface area contributed by atoms with E-state index in [2.05, 4.69) is 9.97 Å². The molecular weight excluding hydrogens is 178 g/mol. The molecule has 0 aliphatic rings. The first-order chi connectivity index (χ1) is 6.67. The Bertz CT molecular complexity index is 299. The lowest BCUT2D eigenvalue weighted by molar-refractivity contribution is 0.859. The van der Waals surface area contributed by atoms with Crippen LogP contribution in [0.2, 0.25) is 0 Å². The first-order valence-electron chi connectivity index (χ1n) is 4.72. The molecule has 0 saturated carbocycles. The molecular formula is C9H17N5. The summed E-state index contributed by atoms with van der Waals surface area (Å²) in [6.45, 7) is 3.40. The highest BCUT2D eigenvalue weighted by Gasteiger charge is 2.04. The van der Waals surface area contributed by atoms with Crippen molar-refractivity contribution >= 4 is 11.8 Å². The molecule has 0 aliphatic heterocycles. The van der Waals surface area contributed by atoms with Gasteiger partial charge in [0.1, 0.15) is 5.82 Å². The number of nitrogens with two attached hydrogens (primary N) is 2. The summed E-state index contributed by atoms with van der Waals surface area (Å²) in [6, 6.07) is 1.94. The number of hydrogen-bond donors (Lipinski definition) is 2. The average molecular weight is 195 g/mol. The third-order valence-corrected chi connectivity index (χ3v) is 2.00. The molecule has 78 valence electrons. The number of anilines is 2. The predicted octanol–water partition coefficient (Wildman–Crippen LogP) is 0.0161. The van der Waals surface area contributed by atoms with Crippen molar-refractivity contribution in [3.63, 3.8) is 0 Å². The van der Waals surface area contributed by atoms with E-state index < -0.39 is 0 Å². The molecule has 0 bridgehead atoms. The van der Waals surface area contributed by atoms with E-state index in [-0.39, 0.29) is 0 Å². The lowest BCUT2D eigenvalue weighted by Gasteiger charge is -2.17. The van der Waals surface area contributed by atoms with E-state index in [1.165, 1.54) is 0 Å². The van der Waals surface area contributed by atoms with E-state index in [4.69, 9.17) is 11.5 Å². The molecule has 4 N–H and O–H groups in total. The Morgan fingerprint density at radius 2 is 2.14 bits per heavy atom. The summed E-state index contributed by atoms with van der Waals surface area (Å²) in [7, 11) is 1.94. The minimum absolute atomic E-state index is 0.322. The Labute approximate surface area is 84.1 Å². The van der Waals surface area contributed by atoms with Crippen molar-refractivity contribution < 1.29 is 0 Å². The van der Waals surface area contributed by atoms with Crippen LogP contribution in [-0.4, -0.2) is 30.1 Å². The molecule has 0 atom stereocenters. The maximum Gasteiger partial charge on any atom is 0.222 e. The first kappa shape index (κ1) is 10.7. The number of aromatic nitrogens is 2. The largest absolute Gasteiger partial charge is 0.368 e. The number of nitrogens with zero attached hydrogens (tertiary/aromatic N) is 3. The summed E-state index contributed by atoms with van der Waals surface area (Å²) in [6.07, 6.45) is 0.857. The van der Waals surface area contributed by atoms with Crippen LogP contribution in [0.3, 0.4) is 0 Å². The second-order valence-corrected chi connectivity index (χ2v) is 3.14. The Balaban J connectivity index is 2.90. The van der Waals surface area contributed by atoms with Crippen LogP contribution in [0.4, 0.5) is 11.8 Å². The number of hydrogen-bond acceptors (Lipinski definition) is 5. The molecule has 1 rings (SSSR count). The fraction of sp³-hybridized carbons (Fsp3) is 0.556. The molecule has 1 heterocycles. The molecule has 5 nitrogen and oxygen atoms in total. The topological polar surface area (TPSA) is 81.1 Å². The fourth-order valence-electron chi connectivity index (χ4n) is 1.19. The van der Waals surface area contributed by atoms with Crippen LogP contribution in [0, 0.1) is 0 Å². The molecule has 0 saturated heterocycles. The van der Waals surface area contributed by atoms with Crippen LogP contribution >= 0.6 is 0 Å². The second-order valence-electron chi connectivity index (χ2n) is 3.14. The van der Waals surface area contributed by atoms with Gasteiger partial charge in [-0.25, -0.2) is 4.98 Å². The Hall–Kier alpha value is -1.36. The van der Waals surface area contributed by atoms with Gasteiger partial charge in [-0.15, -0.1) is 0 Å². The number of nitrogen functional groups attached to an aromatic ring is 1. The highest BCUT2D eigenvalue weighted by atomic mass is 15.2. The van der Waals surface area contributed by atoms with Crippen molar-refractivity contribution in [3.8, 4) is 0 Å². The van der Waals surface area contributed by atoms with E-state index in [1.54, 1.807) is 0 Å². The molecule has 0 aliphatic carbocycles. The third-order valence-electron chi connectivity index (χ3n) is 2.00. The predicted molar refractivity (Wildman–Crippen MR) is 58.1 cm³/mol. The van der Waals surface area contributed by atoms with Gasteiger partial charge in [0, 0.05) is 31.9 Å². The molecule has 1 aromatic heterocycles. The summed E-state index contributed by atoms with van der Waals surface area (Å²) in [4.78, 5) is 10.2. The maximum atomic E-state index is 5.59. The molecule has 5 heteroatoms. The second kappa shape index (κ2) is 4.76. The zero-order valence-electron chi connectivity index (χ0n) is 8.70. The van der Waals surface area contributed by atoms with E-state index in [0.29, 0.717) is 12.5 Å². The van der Waals surface area contributed by atoms with E-state index >= 15 is 0 Å². The van der Waals surface area contributed by atoms with Gasteiger partial charge < -0.3 is 16.4 Å². The van der Waals surface area contributed by atoms with Gasteiger partial charge in [-0.1, -0.05) is 6.92 Å². The van der Waals surface area contributed by atoms with Crippen molar-refractivity contribution in [1.29, 1.82) is 0 Å². The number of aryl methyl sites for hydroxylation is 1. The van der Waals surface area contributed by atoms with E-state index in [0.717, 1.165) is 24.5 Å². The quantitative estimate of drug-likeness (QED) is 0.707. The molecule has 0 radical (unpaired) electrons. The van der Waals surface area contributed by atoms with Crippen molar-refractivity contribution in [1.82, 2.24) is 9.97 Å². The Kier molecular flexibility index (Phi) is 3.64. The van der Waals surface area contributed by atoms with Crippen LogP contribution in [-0.2, 0) is 6.42 Å². The van der Waals surface area contributed by atoms with Crippen molar-refractivity contribution in [3.05, 3.63) is 11.8 Å². The van der Waals surface area contributed by atoms with Crippen molar-refractivity contribution in [2.75, 3.05) is 30.8 Å². The van der Waals surface area contributed by atoms with Crippen LogP contribution in [0.15, 0.2) is 6.07 Å². The normalized spacial score (nSPS) is 10.2. The zero-order chi connectivity index (χ0) is 10.6. The summed E-state index contributed by atoms with van der Waals surface area (Å²) < 4.78 is 0. The number of rotatable bonds is 4. The van der Waals surface area contributed by atoms with Crippen LogP contribution < -0.4 is 16.4 Å². The molecule has 0 amide bonds. The summed E-state index contributed by atoms with van der Waals surface area (Å²) in [5, 5.41) is 0. The lowest BCUT2D eigenvalue weighted by Crippen LogP contribution is -2.26. The van der Waals surface area contributed by atoms with Gasteiger partial charge in [0.2, 0.25) is 5.95 Å². The minimum Gasteiger partial charge on any atom is -0.368 e. The Morgan fingerprint density at radius 3 is 2.71 bits per heavy atom. The number of likely N-dealkylation sites (N-methyl/N-ethyl adjacent to an activating group) is 1. The smallest absolute Gasteiger partial charge is 0.222 e. The van der Waals surface area contributed by atoms with Gasteiger partial charge in [0.15, 0.2) is 0 Å². The Morgan fingerprint density at radius 1 is 1.43 bits per heavy atom. The molecule has 0 spiro atoms. The van der Waals surface area contributed by atoms with Gasteiger partial charge >= 0.3 is 0 Å². The SMILES string of the molecule is CCc1cc(N(C)CCN)nc(N)n1. The molecule has 1 aromatic rings. The van der Waals surface area contributed by atoms with Gasteiger partial charge in [-0.05, 0) is 6.42 Å². The summed E-state index contributed by atoms with van der Waals surface area (Å²) in [5.41, 5.74) is 12.0. The van der Waals surface area contributed by atoms with Gasteiger partial charge in [0.25, 0.3) is 0 Å². The molecule has 0 unspecified atom stereocenters. The summed E-state index contributed by atoms with van der Waals surface area (Å²) in [5.74, 6) is 1.16. The van der Waals surface area contributed by atoms with Gasteiger partial charge in [-0.3, -0.25) is 0 Å². The van der Waals surface area contributed by atoms with Crippen molar-refractivity contribution in [2.45, 2.75) is 13.3 Å². The minimum atomic E-state index is 0.322. The first-order valence-corrected chi connectivity index (χ1v) is 4.72. The highest BCUT2D eigenvalue weighted by Crippen LogP contribution is 2.11. The van der Waals surface area contributed by atoms with Crippen molar-refractivity contribution in [2.24, 2.45) is 5.73 Å². The van der Waals surface area contributed by atoms with Crippen LogP contribution in [0.25, 0.3) is 0 Å². The third kappa shape index (κ3) is 2.56. The fourth-order valence-corrected chi connectivity index (χ4v) is 1.19. The standard InChI is InChI=1S/C9H17N5/c1-3-7-6-8(13-9(11)12-7)14(2)5-4-10/h6H,3-5,10H2,1-2H3,(H2,11,12,13). The van der Waals surface area contributed by atoms with Crippen LogP contribution in [0.1, 0.15) is 12.6 Å². The van der Waals surface area contributed by atoms with Gasteiger partial charge in [-0.2, -0.15) is 4.98 Å². The average Bonchev–Trinajstić information content (AvgIpc) is 2.17. The lowest BCUT2D eigenvalue weighted by atomic mass is 10.3. The molecule has 14 heavy (non-hydrogen) atoms. The monoisotopic (exact) mass is 195 g/mol. The van der Waals surface area contributed by atoms with E-state index in [9.17, 15) is 0 Å². The summed E-state index contributed by atoms with van der Waals surface area (Å²) >= 11 is 0. The van der Waals surface area contributed by atoms with Crippen LogP contribution in [0.5, 0.6) is 0 Å². The molecule has 0 fully saturated rings. The molecule has 0 aromatic carbocycles. The van der Waals surface area contributed by atoms with Gasteiger partial charge in [0.05, 0.1) is 0 Å². The zero-order valence-corrected chi connectivity index (χ0v) is 8.70. The maximum absolute atomic E-state index is 5.59. The van der Waals surface area contributed by atoms with E-state index in [1.807, 2.05) is 24.9 Å². The highest BCUT2D eigenvalue weighted by molar-refractivity contribution is 5.42.